The van der Waals surface area contributed by atoms with E-state index in [1.807, 2.05) is 0 Å². The second kappa shape index (κ2) is 3.79. The second-order valence-corrected chi connectivity index (χ2v) is 2.85. The Hall–Kier alpha value is -2.37. The SMILES string of the molecule is O=C(O)c1ccc(C2=NN=CNN2)cc1. The van der Waals surface area contributed by atoms with Gasteiger partial charge in [-0.3, -0.25) is 10.9 Å². The van der Waals surface area contributed by atoms with Gasteiger partial charge in [0.1, 0.15) is 6.34 Å². The van der Waals surface area contributed by atoms with E-state index < -0.39 is 5.97 Å². The molecule has 1 heterocycles. The Labute approximate surface area is 85.3 Å². The number of carboxylic acid groups (broad SMARTS) is 1. The van der Waals surface area contributed by atoms with Crippen molar-refractivity contribution in [2.45, 2.75) is 0 Å². The zero-order chi connectivity index (χ0) is 10.7. The molecule has 0 aliphatic carbocycles. The fourth-order valence-corrected chi connectivity index (χ4v) is 1.14. The molecule has 6 nitrogen and oxygen atoms in total. The van der Waals surface area contributed by atoms with E-state index in [0.717, 1.165) is 5.56 Å². The zero-order valence-electron chi connectivity index (χ0n) is 7.64. The van der Waals surface area contributed by atoms with Gasteiger partial charge in [-0.2, -0.15) is 0 Å². The molecule has 1 aliphatic heterocycles. The number of amidine groups is 1. The van der Waals surface area contributed by atoms with Gasteiger partial charge in [-0.05, 0) is 12.1 Å². The molecule has 76 valence electrons. The first-order valence-electron chi connectivity index (χ1n) is 4.22. The van der Waals surface area contributed by atoms with E-state index in [4.69, 9.17) is 5.11 Å². The smallest absolute Gasteiger partial charge is 0.335 e. The van der Waals surface area contributed by atoms with E-state index in [0.29, 0.717) is 5.84 Å². The molecule has 0 spiro atoms. The molecule has 0 unspecified atom stereocenters. The van der Waals surface area contributed by atoms with Crippen LogP contribution in [0.25, 0.3) is 0 Å². The summed E-state index contributed by atoms with van der Waals surface area (Å²) in [6, 6.07) is 6.36. The van der Waals surface area contributed by atoms with Crippen molar-refractivity contribution in [1.29, 1.82) is 0 Å². The fourth-order valence-electron chi connectivity index (χ4n) is 1.14. The van der Waals surface area contributed by atoms with Crippen molar-refractivity contribution in [2.24, 2.45) is 10.2 Å². The molecule has 0 atom stereocenters. The summed E-state index contributed by atoms with van der Waals surface area (Å²) in [4.78, 5) is 10.6. The standard InChI is InChI=1S/C9H8N4O2/c14-9(15)7-3-1-6(2-4-7)8-12-10-5-11-13-8/h1-5H,(H,10,11)(H,12,13)(H,14,15). The highest BCUT2D eigenvalue weighted by molar-refractivity contribution is 6.00. The summed E-state index contributed by atoms with van der Waals surface area (Å²) < 4.78 is 0. The van der Waals surface area contributed by atoms with Gasteiger partial charge in [0, 0.05) is 5.56 Å². The monoisotopic (exact) mass is 204 g/mol. The van der Waals surface area contributed by atoms with Gasteiger partial charge in [0.2, 0.25) is 0 Å². The van der Waals surface area contributed by atoms with Crippen LogP contribution in [-0.4, -0.2) is 23.2 Å². The van der Waals surface area contributed by atoms with Gasteiger partial charge in [0.25, 0.3) is 0 Å². The van der Waals surface area contributed by atoms with Crippen LogP contribution >= 0.6 is 0 Å². The minimum absolute atomic E-state index is 0.242. The topological polar surface area (TPSA) is 86.1 Å². The summed E-state index contributed by atoms with van der Waals surface area (Å²) >= 11 is 0. The highest BCUT2D eigenvalue weighted by Gasteiger charge is 2.06. The summed E-state index contributed by atoms with van der Waals surface area (Å²) in [7, 11) is 0. The summed E-state index contributed by atoms with van der Waals surface area (Å²) in [5.74, 6) is -0.398. The maximum atomic E-state index is 10.6. The van der Waals surface area contributed by atoms with Crippen LogP contribution in [0.5, 0.6) is 0 Å². The highest BCUT2D eigenvalue weighted by Crippen LogP contribution is 2.05. The molecule has 1 aromatic carbocycles. The van der Waals surface area contributed by atoms with Crippen molar-refractivity contribution in [3.05, 3.63) is 35.4 Å². The maximum absolute atomic E-state index is 10.6. The van der Waals surface area contributed by atoms with Gasteiger partial charge in [-0.25, -0.2) is 4.79 Å². The first-order chi connectivity index (χ1) is 7.27. The lowest BCUT2D eigenvalue weighted by molar-refractivity contribution is 0.0697. The first kappa shape index (κ1) is 9.20. The molecule has 0 saturated carbocycles. The normalized spacial score (nSPS) is 13.7. The van der Waals surface area contributed by atoms with Crippen LogP contribution in [-0.2, 0) is 0 Å². The lowest BCUT2D eigenvalue weighted by Crippen LogP contribution is -2.39. The molecule has 0 bridgehead atoms. The maximum Gasteiger partial charge on any atom is 0.335 e. The number of carboxylic acids is 1. The predicted molar refractivity (Wildman–Crippen MR) is 54.7 cm³/mol. The first-order valence-corrected chi connectivity index (χ1v) is 4.22. The number of carbonyl (C=O) groups is 1. The van der Waals surface area contributed by atoms with Crippen LogP contribution in [0, 0.1) is 0 Å². The quantitative estimate of drug-likeness (QED) is 0.641. The van der Waals surface area contributed by atoms with Gasteiger partial charge in [0.15, 0.2) is 5.84 Å². The number of hydrogen-bond donors (Lipinski definition) is 3. The van der Waals surface area contributed by atoms with Crippen molar-refractivity contribution >= 4 is 18.1 Å². The van der Waals surface area contributed by atoms with Crippen molar-refractivity contribution in [1.82, 2.24) is 10.9 Å². The van der Waals surface area contributed by atoms with Gasteiger partial charge in [0.05, 0.1) is 5.56 Å². The fraction of sp³-hybridized carbons (Fsp3) is 0. The van der Waals surface area contributed by atoms with Gasteiger partial charge >= 0.3 is 5.97 Å². The average Bonchev–Trinajstić information content (AvgIpc) is 2.30. The third-order valence-electron chi connectivity index (χ3n) is 1.88. The van der Waals surface area contributed by atoms with E-state index in [1.165, 1.54) is 18.5 Å². The van der Waals surface area contributed by atoms with E-state index in [1.54, 1.807) is 12.1 Å². The van der Waals surface area contributed by atoms with E-state index in [2.05, 4.69) is 21.1 Å². The molecule has 3 N–H and O–H groups in total. The van der Waals surface area contributed by atoms with Crippen LogP contribution in [0.4, 0.5) is 0 Å². The van der Waals surface area contributed by atoms with Crippen LogP contribution < -0.4 is 10.9 Å². The zero-order valence-corrected chi connectivity index (χ0v) is 7.64. The Bertz CT molecular complexity index is 436. The number of nitrogens with zero attached hydrogens (tertiary/aromatic N) is 2. The number of hydrazine groups is 1. The Balaban J connectivity index is 2.27. The van der Waals surface area contributed by atoms with E-state index in [-0.39, 0.29) is 5.56 Å². The van der Waals surface area contributed by atoms with Crippen LogP contribution in [0.2, 0.25) is 0 Å². The minimum Gasteiger partial charge on any atom is -0.478 e. The molecule has 0 saturated heterocycles. The molecule has 0 fully saturated rings. The molecule has 1 aliphatic rings. The van der Waals surface area contributed by atoms with Crippen molar-refractivity contribution < 1.29 is 9.90 Å². The molecule has 0 amide bonds. The van der Waals surface area contributed by atoms with Crippen LogP contribution in [0.15, 0.2) is 34.5 Å². The Morgan fingerprint density at radius 2 is 2.00 bits per heavy atom. The second-order valence-electron chi connectivity index (χ2n) is 2.85. The Morgan fingerprint density at radius 3 is 2.53 bits per heavy atom. The molecule has 0 aromatic heterocycles. The largest absolute Gasteiger partial charge is 0.478 e. The van der Waals surface area contributed by atoms with Crippen molar-refractivity contribution in [3.63, 3.8) is 0 Å². The third kappa shape index (κ3) is 1.93. The van der Waals surface area contributed by atoms with Gasteiger partial charge in [-0.1, -0.05) is 12.1 Å². The van der Waals surface area contributed by atoms with E-state index in [9.17, 15) is 4.79 Å². The van der Waals surface area contributed by atoms with E-state index >= 15 is 0 Å². The van der Waals surface area contributed by atoms with Crippen LogP contribution in [0.3, 0.4) is 0 Å². The minimum atomic E-state index is -0.948. The summed E-state index contributed by atoms with van der Waals surface area (Å²) in [5.41, 5.74) is 6.48. The lowest BCUT2D eigenvalue weighted by atomic mass is 10.1. The lowest BCUT2D eigenvalue weighted by Gasteiger charge is -2.10. The van der Waals surface area contributed by atoms with Crippen molar-refractivity contribution in [3.8, 4) is 0 Å². The molecule has 1 aromatic rings. The third-order valence-corrected chi connectivity index (χ3v) is 1.88. The van der Waals surface area contributed by atoms with Gasteiger partial charge in [-0.15, -0.1) is 10.2 Å². The van der Waals surface area contributed by atoms with Crippen LogP contribution in [0.1, 0.15) is 15.9 Å². The van der Waals surface area contributed by atoms with Gasteiger partial charge < -0.3 is 5.11 Å². The number of aromatic carboxylic acids is 1. The molecule has 0 radical (unpaired) electrons. The molecule has 2 rings (SSSR count). The molecule has 15 heavy (non-hydrogen) atoms. The molecular formula is C9H8N4O2. The Morgan fingerprint density at radius 1 is 1.27 bits per heavy atom. The Kier molecular flexibility index (Phi) is 2.32. The van der Waals surface area contributed by atoms with Crippen molar-refractivity contribution in [2.75, 3.05) is 0 Å². The summed E-state index contributed by atoms with van der Waals surface area (Å²) in [5, 5.41) is 16.2. The number of nitrogens with one attached hydrogen (secondary N) is 2. The number of rotatable bonds is 2. The summed E-state index contributed by atoms with van der Waals surface area (Å²) in [6.07, 6.45) is 1.41. The number of benzene rings is 1. The average molecular weight is 204 g/mol. The molecular weight excluding hydrogens is 196 g/mol. The highest BCUT2D eigenvalue weighted by atomic mass is 16.4. The molecule has 6 heteroatoms. The number of hydrogen-bond acceptors (Lipinski definition) is 5. The summed E-state index contributed by atoms with van der Waals surface area (Å²) in [6.45, 7) is 0. The predicted octanol–water partition coefficient (Wildman–Crippen LogP) is 0.182.